The molecule has 1 aliphatic rings. The first-order valence-corrected chi connectivity index (χ1v) is 4.68. The van der Waals surface area contributed by atoms with Gasteiger partial charge in [-0.25, -0.2) is 0 Å². The van der Waals surface area contributed by atoms with Gasteiger partial charge in [0.2, 0.25) is 11.6 Å². The van der Waals surface area contributed by atoms with Crippen LogP contribution in [0, 0.1) is 5.92 Å². The fraction of sp³-hybridized carbons (Fsp3) is 0.750. The molecule has 1 heterocycles. The van der Waals surface area contributed by atoms with E-state index < -0.39 is 4.75 Å². The quantitative estimate of drug-likeness (QED) is 0.559. The summed E-state index contributed by atoms with van der Waals surface area (Å²) in [6.07, 6.45) is 0. The third kappa shape index (κ3) is 1.22. The van der Waals surface area contributed by atoms with Crippen molar-refractivity contribution in [1.82, 2.24) is 0 Å². The van der Waals surface area contributed by atoms with Crippen molar-refractivity contribution < 1.29 is 9.59 Å². The van der Waals surface area contributed by atoms with Crippen molar-refractivity contribution in [2.45, 2.75) is 25.5 Å². The molecule has 1 saturated heterocycles. The summed E-state index contributed by atoms with van der Waals surface area (Å²) in [5.74, 6) is 0.197. The average molecular weight is 172 g/mol. The van der Waals surface area contributed by atoms with E-state index in [0.29, 0.717) is 5.75 Å². The number of carbonyl (C=O) groups excluding carboxylic acids is 2. The van der Waals surface area contributed by atoms with Crippen molar-refractivity contribution in [1.29, 1.82) is 0 Å². The van der Waals surface area contributed by atoms with Crippen LogP contribution in [-0.4, -0.2) is 22.1 Å². The lowest BCUT2D eigenvalue weighted by Gasteiger charge is -2.24. The molecule has 0 aromatic carbocycles. The number of ketones is 2. The summed E-state index contributed by atoms with van der Waals surface area (Å²) in [5, 5.41) is 0. The maximum atomic E-state index is 11.3. The van der Waals surface area contributed by atoms with Crippen molar-refractivity contribution in [3.63, 3.8) is 0 Å². The zero-order chi connectivity index (χ0) is 8.65. The van der Waals surface area contributed by atoms with Crippen LogP contribution in [0.4, 0.5) is 0 Å². The van der Waals surface area contributed by atoms with E-state index in [4.69, 9.17) is 0 Å². The van der Waals surface area contributed by atoms with Crippen LogP contribution in [-0.2, 0) is 9.59 Å². The molecule has 1 rings (SSSR count). The maximum absolute atomic E-state index is 11.3. The number of thioether (sulfide) groups is 1. The summed E-state index contributed by atoms with van der Waals surface area (Å²) in [4.78, 5) is 22.2. The highest BCUT2D eigenvalue weighted by atomic mass is 32.2. The molecule has 1 aliphatic heterocycles. The van der Waals surface area contributed by atoms with Crippen LogP contribution in [0.25, 0.3) is 0 Å². The molecular formula is C8H12O2S. The topological polar surface area (TPSA) is 34.1 Å². The highest BCUT2D eigenvalue weighted by Crippen LogP contribution is 2.38. The molecule has 0 aromatic rings. The van der Waals surface area contributed by atoms with Gasteiger partial charge < -0.3 is 0 Å². The molecule has 0 aromatic heterocycles. The van der Waals surface area contributed by atoms with Gasteiger partial charge in [0.05, 0.1) is 10.5 Å². The van der Waals surface area contributed by atoms with Crippen LogP contribution >= 0.6 is 11.8 Å². The third-order valence-corrected chi connectivity index (χ3v) is 3.97. The Kier molecular flexibility index (Phi) is 2.10. The lowest BCUT2D eigenvalue weighted by atomic mass is 9.91. The van der Waals surface area contributed by atoms with Crippen LogP contribution < -0.4 is 0 Å². The van der Waals surface area contributed by atoms with Crippen molar-refractivity contribution in [2.75, 3.05) is 5.75 Å². The van der Waals surface area contributed by atoms with Gasteiger partial charge in [-0.05, 0) is 12.8 Å². The van der Waals surface area contributed by atoms with Crippen molar-refractivity contribution >= 4 is 23.3 Å². The molecule has 0 N–H and O–H groups in total. The summed E-state index contributed by atoms with van der Waals surface area (Å²) < 4.78 is -0.447. The molecule has 0 amide bonds. The van der Waals surface area contributed by atoms with Gasteiger partial charge in [-0.2, -0.15) is 0 Å². The highest BCUT2D eigenvalue weighted by Gasteiger charge is 2.46. The zero-order valence-electron chi connectivity index (χ0n) is 7.01. The smallest absolute Gasteiger partial charge is 0.215 e. The normalized spacial score (nSPS) is 32.0. The van der Waals surface area contributed by atoms with Gasteiger partial charge in [-0.3, -0.25) is 9.59 Å². The first-order chi connectivity index (χ1) is 4.98. The Morgan fingerprint density at radius 2 is 2.00 bits per heavy atom. The van der Waals surface area contributed by atoms with E-state index in [9.17, 15) is 9.59 Å². The Hall–Kier alpha value is -0.310. The molecule has 3 heteroatoms. The number of hydrogen-bond acceptors (Lipinski definition) is 3. The molecule has 1 fully saturated rings. The van der Waals surface area contributed by atoms with Gasteiger partial charge in [0, 0.05) is 0 Å². The van der Waals surface area contributed by atoms with Crippen LogP contribution in [0.15, 0.2) is 0 Å². The van der Waals surface area contributed by atoms with Gasteiger partial charge in [0.25, 0.3) is 0 Å². The van der Waals surface area contributed by atoms with E-state index in [1.807, 2.05) is 20.8 Å². The van der Waals surface area contributed by atoms with E-state index in [0.717, 1.165) is 0 Å². The number of Topliss-reactive ketones (excluding diaryl/α,β-unsaturated/α-hetero) is 2. The minimum atomic E-state index is -0.447. The Bertz CT molecular complexity index is 210. The van der Waals surface area contributed by atoms with E-state index in [-0.39, 0.29) is 17.5 Å². The molecule has 0 radical (unpaired) electrons. The molecule has 0 bridgehead atoms. The van der Waals surface area contributed by atoms with Crippen molar-refractivity contribution in [3.05, 3.63) is 0 Å². The first-order valence-electron chi connectivity index (χ1n) is 3.70. The zero-order valence-corrected chi connectivity index (χ0v) is 7.83. The Morgan fingerprint density at radius 1 is 1.45 bits per heavy atom. The molecule has 11 heavy (non-hydrogen) atoms. The second-order valence-corrected chi connectivity index (χ2v) is 4.73. The summed E-state index contributed by atoms with van der Waals surface area (Å²) in [6, 6.07) is 0. The van der Waals surface area contributed by atoms with Crippen LogP contribution in [0.5, 0.6) is 0 Å². The first kappa shape index (κ1) is 8.78. The molecular weight excluding hydrogens is 160 g/mol. The summed E-state index contributed by atoms with van der Waals surface area (Å²) in [7, 11) is 0. The lowest BCUT2D eigenvalue weighted by Crippen LogP contribution is -2.35. The minimum Gasteiger partial charge on any atom is -0.290 e. The van der Waals surface area contributed by atoms with Gasteiger partial charge in [-0.15, -0.1) is 11.8 Å². The van der Waals surface area contributed by atoms with E-state index >= 15 is 0 Å². The lowest BCUT2D eigenvalue weighted by molar-refractivity contribution is -0.136. The number of hydrogen-bond donors (Lipinski definition) is 0. The highest BCUT2D eigenvalue weighted by molar-refractivity contribution is 8.03. The summed E-state index contributed by atoms with van der Waals surface area (Å²) in [6.45, 7) is 5.81. The minimum absolute atomic E-state index is 0.197. The average Bonchev–Trinajstić information content (AvgIpc) is 2.18. The standard InChI is InChI=1S/C8H12O2S/c1-5(2)8(3)7(10)6(9)4-11-8/h5H,4H2,1-3H3. The Morgan fingerprint density at radius 3 is 2.18 bits per heavy atom. The fourth-order valence-corrected chi connectivity index (χ4v) is 2.19. The SMILES string of the molecule is CC(C)C1(C)SCC(=O)C1=O. The Balaban J connectivity index is 2.90. The summed E-state index contributed by atoms with van der Waals surface area (Å²) in [5.41, 5.74) is 0. The van der Waals surface area contributed by atoms with E-state index in [1.54, 1.807) is 0 Å². The third-order valence-electron chi connectivity index (χ3n) is 2.31. The predicted molar refractivity (Wildman–Crippen MR) is 45.7 cm³/mol. The molecule has 2 nitrogen and oxygen atoms in total. The number of rotatable bonds is 1. The predicted octanol–water partition coefficient (Wildman–Crippen LogP) is 1.29. The van der Waals surface area contributed by atoms with Crippen LogP contribution in [0.2, 0.25) is 0 Å². The molecule has 62 valence electrons. The fourth-order valence-electron chi connectivity index (χ4n) is 1.05. The van der Waals surface area contributed by atoms with Crippen LogP contribution in [0.3, 0.4) is 0 Å². The van der Waals surface area contributed by atoms with Gasteiger partial charge in [0.15, 0.2) is 0 Å². The maximum Gasteiger partial charge on any atom is 0.215 e. The number of carbonyl (C=O) groups is 2. The van der Waals surface area contributed by atoms with Gasteiger partial charge in [0.1, 0.15) is 0 Å². The molecule has 0 spiro atoms. The molecule has 0 saturated carbocycles. The van der Waals surface area contributed by atoms with E-state index in [1.165, 1.54) is 11.8 Å². The van der Waals surface area contributed by atoms with Gasteiger partial charge in [-0.1, -0.05) is 13.8 Å². The molecule has 1 unspecified atom stereocenters. The largest absolute Gasteiger partial charge is 0.290 e. The summed E-state index contributed by atoms with van der Waals surface area (Å²) >= 11 is 1.47. The van der Waals surface area contributed by atoms with Gasteiger partial charge >= 0.3 is 0 Å². The van der Waals surface area contributed by atoms with E-state index in [2.05, 4.69) is 0 Å². The second-order valence-electron chi connectivity index (χ2n) is 3.30. The van der Waals surface area contributed by atoms with Crippen molar-refractivity contribution in [2.24, 2.45) is 5.92 Å². The Labute approximate surface area is 70.7 Å². The monoisotopic (exact) mass is 172 g/mol. The molecule has 1 atom stereocenters. The molecule has 0 aliphatic carbocycles. The van der Waals surface area contributed by atoms with Crippen molar-refractivity contribution in [3.8, 4) is 0 Å². The second kappa shape index (κ2) is 2.63. The van der Waals surface area contributed by atoms with Crippen LogP contribution in [0.1, 0.15) is 20.8 Å².